The fourth-order valence-corrected chi connectivity index (χ4v) is 7.51. The molecule has 2 aromatic carbocycles. The molecule has 4 aromatic rings. The molecule has 2 amide bonds. The van der Waals surface area contributed by atoms with Crippen LogP contribution in [0, 0.1) is 0 Å². The van der Waals surface area contributed by atoms with Crippen molar-refractivity contribution in [3.05, 3.63) is 51.4 Å². The van der Waals surface area contributed by atoms with Crippen molar-refractivity contribution >= 4 is 88.3 Å². The number of thiazole rings is 2. The van der Waals surface area contributed by atoms with Gasteiger partial charge in [0, 0.05) is 52.4 Å². The van der Waals surface area contributed by atoms with E-state index in [0.29, 0.717) is 37.3 Å². The third kappa shape index (κ3) is 12.5. The van der Waals surface area contributed by atoms with Crippen LogP contribution in [0.4, 0.5) is 14.7 Å². The van der Waals surface area contributed by atoms with Gasteiger partial charge in [-0.25, -0.2) is 29.1 Å². The molecule has 0 unspecified atom stereocenters. The molecule has 6 rings (SSSR count). The zero-order valence-corrected chi connectivity index (χ0v) is 34.5. The van der Waals surface area contributed by atoms with E-state index in [4.69, 9.17) is 14.2 Å². The summed E-state index contributed by atoms with van der Waals surface area (Å²) < 4.78 is 22.8. The van der Waals surface area contributed by atoms with Crippen LogP contribution in [0.15, 0.2) is 40.3 Å². The van der Waals surface area contributed by atoms with Gasteiger partial charge in [-0.2, -0.15) is 0 Å². The van der Waals surface area contributed by atoms with Crippen LogP contribution in [-0.2, 0) is 18.9 Å². The quantitative estimate of drug-likeness (QED) is 0.171. The minimum absolute atomic E-state index is 0.200. The number of ether oxygens (including phenoxy) is 4. The SMILES string of the molecule is CC(C)(C)OC(=O)N1CCNCC1.COC(=O)c1ccc2nc(Br)sc2c1.COC(=O)c1ccc2nc(N3CCN(C(=O)OC(C)(C)C)CC3)sc2c1. The highest BCUT2D eigenvalue weighted by molar-refractivity contribution is 9.11. The Morgan fingerprint density at radius 2 is 1.13 bits per heavy atom. The van der Waals surface area contributed by atoms with E-state index in [1.807, 2.05) is 53.7 Å². The van der Waals surface area contributed by atoms with Gasteiger partial charge in [-0.05, 0) is 93.9 Å². The van der Waals surface area contributed by atoms with E-state index < -0.39 is 5.60 Å². The highest BCUT2D eigenvalue weighted by Gasteiger charge is 2.27. The molecule has 0 aliphatic carbocycles. The van der Waals surface area contributed by atoms with Crippen molar-refractivity contribution < 1.29 is 38.1 Å². The van der Waals surface area contributed by atoms with Crippen molar-refractivity contribution in [3.63, 3.8) is 0 Å². The average Bonchev–Trinajstić information content (AvgIpc) is 3.72. The third-order valence-electron chi connectivity index (χ3n) is 7.55. The molecule has 14 nitrogen and oxygen atoms in total. The van der Waals surface area contributed by atoms with Crippen LogP contribution < -0.4 is 10.2 Å². The summed E-state index contributed by atoms with van der Waals surface area (Å²) in [4.78, 5) is 61.0. The second-order valence-electron chi connectivity index (χ2n) is 14.0. The normalized spacial score (nSPS) is 14.8. The maximum absolute atomic E-state index is 12.2. The van der Waals surface area contributed by atoms with Crippen LogP contribution >= 0.6 is 38.6 Å². The second kappa shape index (κ2) is 18.3. The number of carbonyl (C=O) groups excluding carboxylic acids is 4. The molecule has 0 atom stereocenters. The lowest BCUT2D eigenvalue weighted by molar-refractivity contribution is 0.0223. The molecule has 0 bridgehead atoms. The summed E-state index contributed by atoms with van der Waals surface area (Å²) in [6.07, 6.45) is -0.474. The van der Waals surface area contributed by atoms with Crippen LogP contribution in [0.3, 0.4) is 0 Å². The van der Waals surface area contributed by atoms with Crippen molar-refractivity contribution in [2.24, 2.45) is 0 Å². The molecule has 4 heterocycles. The van der Waals surface area contributed by atoms with Gasteiger partial charge in [0.15, 0.2) is 9.05 Å². The number of esters is 2. The van der Waals surface area contributed by atoms with E-state index in [1.54, 1.807) is 34.1 Å². The minimum atomic E-state index is -0.488. The third-order valence-corrected chi connectivity index (χ3v) is 10.1. The Morgan fingerprint density at radius 3 is 1.60 bits per heavy atom. The summed E-state index contributed by atoms with van der Waals surface area (Å²) in [5.41, 5.74) is 1.93. The van der Waals surface area contributed by atoms with Crippen molar-refractivity contribution in [3.8, 4) is 0 Å². The fourth-order valence-electron chi connectivity index (χ4n) is 5.01. The summed E-state index contributed by atoms with van der Waals surface area (Å²) in [5, 5.41) is 4.08. The van der Waals surface area contributed by atoms with E-state index in [0.717, 1.165) is 55.7 Å². The van der Waals surface area contributed by atoms with Crippen LogP contribution in [0.25, 0.3) is 20.4 Å². The zero-order valence-electron chi connectivity index (χ0n) is 31.3. The molecular weight excluding hydrogens is 788 g/mol. The first-order valence-electron chi connectivity index (χ1n) is 17.0. The van der Waals surface area contributed by atoms with E-state index in [2.05, 4.69) is 40.9 Å². The number of rotatable bonds is 3. The molecule has 0 radical (unpaired) electrons. The summed E-state index contributed by atoms with van der Waals surface area (Å²) in [5.74, 6) is -0.677. The van der Waals surface area contributed by atoms with Crippen molar-refractivity contribution in [1.29, 1.82) is 0 Å². The van der Waals surface area contributed by atoms with E-state index in [9.17, 15) is 19.2 Å². The predicted molar refractivity (Wildman–Crippen MR) is 210 cm³/mol. The molecule has 2 fully saturated rings. The number of aromatic nitrogens is 2. The summed E-state index contributed by atoms with van der Waals surface area (Å²) in [7, 11) is 2.74. The topological polar surface area (TPSA) is 153 Å². The Morgan fingerprint density at radius 1 is 0.679 bits per heavy atom. The zero-order chi connectivity index (χ0) is 38.9. The van der Waals surface area contributed by atoms with Gasteiger partial charge >= 0.3 is 24.1 Å². The van der Waals surface area contributed by atoms with Gasteiger partial charge in [-0.1, -0.05) is 11.3 Å². The lowest BCUT2D eigenvalue weighted by Gasteiger charge is -2.35. The van der Waals surface area contributed by atoms with Gasteiger partial charge in [-0.3, -0.25) is 0 Å². The van der Waals surface area contributed by atoms with Crippen LogP contribution in [-0.4, -0.2) is 122 Å². The Labute approximate surface area is 325 Å². The standard InChI is InChI=1S/C18H23N3O4S.C9H6BrNO2S.C9H18N2O2/c1-18(2,3)25-17(23)21-9-7-20(8-10-21)16-19-13-6-5-12(15(22)24-4)11-14(13)26-16;1-13-8(12)5-2-3-6-7(4-5)14-9(10)11-6;1-9(2,3)13-8(12)11-6-4-10-5-7-11/h5-6,11H,7-10H2,1-4H3;2-4H,1H3;10H,4-7H2,1-3H3. The molecular formula is C36H47BrN6O8S2. The van der Waals surface area contributed by atoms with E-state index in [-0.39, 0.29) is 29.7 Å². The van der Waals surface area contributed by atoms with Crippen molar-refractivity contribution in [2.45, 2.75) is 52.7 Å². The van der Waals surface area contributed by atoms with E-state index in [1.165, 1.54) is 36.9 Å². The maximum Gasteiger partial charge on any atom is 0.410 e. The molecule has 2 aliphatic rings. The van der Waals surface area contributed by atoms with Gasteiger partial charge in [0.1, 0.15) is 11.2 Å². The van der Waals surface area contributed by atoms with Crippen LogP contribution in [0.5, 0.6) is 0 Å². The van der Waals surface area contributed by atoms with Crippen molar-refractivity contribution in [2.75, 3.05) is 71.5 Å². The summed E-state index contributed by atoms with van der Waals surface area (Å²) in [6.45, 7) is 17.0. The van der Waals surface area contributed by atoms with Crippen LogP contribution in [0.2, 0.25) is 0 Å². The average molecular weight is 836 g/mol. The molecule has 0 saturated carbocycles. The number of hydrogen-bond acceptors (Lipinski definition) is 14. The number of anilines is 1. The van der Waals surface area contributed by atoms with Crippen molar-refractivity contribution in [1.82, 2.24) is 25.1 Å². The highest BCUT2D eigenvalue weighted by atomic mass is 79.9. The van der Waals surface area contributed by atoms with Gasteiger partial charge < -0.3 is 39.0 Å². The Hall–Kier alpha value is -4.06. The molecule has 53 heavy (non-hydrogen) atoms. The summed E-state index contributed by atoms with van der Waals surface area (Å²) in [6, 6.07) is 10.7. The molecule has 2 saturated heterocycles. The maximum atomic E-state index is 12.2. The number of methoxy groups -OCH3 is 2. The number of benzene rings is 2. The molecule has 288 valence electrons. The number of carbonyl (C=O) groups is 4. The number of piperazine rings is 2. The first-order chi connectivity index (χ1) is 25.0. The second-order valence-corrected chi connectivity index (χ2v) is 17.3. The predicted octanol–water partition coefficient (Wildman–Crippen LogP) is 6.81. The number of nitrogens with zero attached hydrogens (tertiary/aromatic N) is 5. The Balaban J connectivity index is 0.000000196. The number of amides is 2. The fraction of sp³-hybridized carbons (Fsp3) is 0.500. The largest absolute Gasteiger partial charge is 0.465 e. The first-order valence-corrected chi connectivity index (χ1v) is 19.4. The Bertz CT molecular complexity index is 1890. The lowest BCUT2D eigenvalue weighted by Crippen LogP contribution is -2.50. The monoisotopic (exact) mass is 834 g/mol. The number of fused-ring (bicyclic) bond motifs is 2. The van der Waals surface area contributed by atoms with Gasteiger partial charge in [-0.15, -0.1) is 11.3 Å². The number of hydrogen-bond donors (Lipinski definition) is 1. The Kier molecular flexibility index (Phi) is 14.4. The van der Waals surface area contributed by atoms with Gasteiger partial charge in [0.25, 0.3) is 0 Å². The smallest absolute Gasteiger partial charge is 0.410 e. The molecule has 2 aromatic heterocycles. The minimum Gasteiger partial charge on any atom is -0.465 e. The molecule has 17 heteroatoms. The molecule has 1 N–H and O–H groups in total. The van der Waals surface area contributed by atoms with Gasteiger partial charge in [0.2, 0.25) is 0 Å². The number of nitrogens with one attached hydrogen (secondary N) is 1. The molecule has 2 aliphatic heterocycles. The van der Waals surface area contributed by atoms with Gasteiger partial charge in [0.05, 0.1) is 45.8 Å². The lowest BCUT2D eigenvalue weighted by atomic mass is 10.2. The van der Waals surface area contributed by atoms with Crippen LogP contribution in [0.1, 0.15) is 62.3 Å². The number of halogens is 1. The first kappa shape index (κ1) is 41.7. The molecule has 0 spiro atoms. The van der Waals surface area contributed by atoms with E-state index >= 15 is 0 Å². The summed E-state index contributed by atoms with van der Waals surface area (Å²) >= 11 is 6.32. The highest BCUT2D eigenvalue weighted by Crippen LogP contribution is 2.31.